The van der Waals surface area contributed by atoms with E-state index in [9.17, 15) is 0 Å². The fourth-order valence-corrected chi connectivity index (χ4v) is 4.53. The topological polar surface area (TPSA) is 0 Å². The van der Waals surface area contributed by atoms with E-state index in [0.29, 0.717) is 0 Å². The molecule has 0 saturated carbocycles. The highest BCUT2D eigenvalue weighted by molar-refractivity contribution is 8.18. The number of benzene rings is 1. The van der Waals surface area contributed by atoms with Crippen LogP contribution in [-0.4, -0.2) is 10.9 Å². The SMILES string of the molecule is CSC(C)=Pc1c(C(C)(C)C)cc(C(C)(C)C)cc1C(C)(C)C. The Morgan fingerprint density at radius 2 is 1.17 bits per heavy atom. The minimum atomic E-state index is 0.155. The van der Waals surface area contributed by atoms with Gasteiger partial charge in [-0.15, -0.1) is 11.8 Å². The first-order valence-electron chi connectivity index (χ1n) is 8.46. The molecule has 0 bridgehead atoms. The smallest absolute Gasteiger partial charge is 0.0100 e. The molecule has 2 heteroatoms. The van der Waals surface area contributed by atoms with E-state index in [4.69, 9.17) is 0 Å². The predicted octanol–water partition coefficient (Wildman–Crippen LogP) is 6.66. The van der Waals surface area contributed by atoms with Crippen molar-refractivity contribution in [1.29, 1.82) is 0 Å². The molecule has 0 unspecified atom stereocenters. The average molecular weight is 351 g/mol. The highest BCUT2D eigenvalue weighted by Gasteiger charge is 2.28. The van der Waals surface area contributed by atoms with Crippen molar-refractivity contribution in [2.45, 2.75) is 85.5 Å². The molecule has 0 saturated heterocycles. The Bertz CT molecular complexity index is 555. The summed E-state index contributed by atoms with van der Waals surface area (Å²) in [4.78, 5) is 0. The molecule has 1 aromatic rings. The van der Waals surface area contributed by atoms with Gasteiger partial charge in [-0.05, 0) is 46.1 Å². The lowest BCUT2D eigenvalue weighted by molar-refractivity contribution is 0.554. The summed E-state index contributed by atoms with van der Waals surface area (Å²) in [6.07, 6.45) is 2.18. The highest BCUT2D eigenvalue weighted by atomic mass is 32.2. The molecule has 0 N–H and O–H groups in total. The first-order chi connectivity index (χ1) is 10.2. The molecule has 1 rings (SSSR count). The van der Waals surface area contributed by atoms with Crippen LogP contribution in [-0.2, 0) is 16.2 Å². The third-order valence-electron chi connectivity index (χ3n) is 4.16. The molecule has 23 heavy (non-hydrogen) atoms. The van der Waals surface area contributed by atoms with Crippen molar-refractivity contribution in [3.8, 4) is 0 Å². The van der Waals surface area contributed by atoms with Crippen LogP contribution in [0.2, 0.25) is 0 Å². The standard InChI is InChI=1S/C21H35PS/c1-14(23-11)22-18-16(20(5,6)7)12-15(19(2,3)4)13-17(18)21(8,9)10/h12-13H,1-11H3. The third kappa shape index (κ3) is 5.36. The molecule has 0 aliphatic heterocycles. The molecule has 0 spiro atoms. The first kappa shape index (κ1) is 20.8. The molecule has 0 aromatic heterocycles. The Kier molecular flexibility index (Phi) is 6.26. The largest absolute Gasteiger partial charge is 0.129 e. The summed E-state index contributed by atoms with van der Waals surface area (Å²) in [7, 11) is 1.37. The van der Waals surface area contributed by atoms with Gasteiger partial charge in [0, 0.05) is 9.93 Å². The minimum Gasteiger partial charge on any atom is -0.129 e. The Morgan fingerprint density at radius 3 is 1.43 bits per heavy atom. The van der Waals surface area contributed by atoms with Crippen LogP contribution in [0.5, 0.6) is 0 Å². The molecule has 1 aromatic carbocycles. The summed E-state index contributed by atoms with van der Waals surface area (Å²) in [5.41, 5.74) is 4.95. The van der Waals surface area contributed by atoms with Crippen LogP contribution >= 0.6 is 20.0 Å². The van der Waals surface area contributed by atoms with E-state index in [1.54, 1.807) is 0 Å². The summed E-state index contributed by atoms with van der Waals surface area (Å²) in [6, 6.07) is 4.93. The Morgan fingerprint density at radius 1 is 0.783 bits per heavy atom. The monoisotopic (exact) mass is 350 g/mol. The second-order valence-electron chi connectivity index (χ2n) is 9.50. The van der Waals surface area contributed by atoms with Gasteiger partial charge in [-0.3, -0.25) is 0 Å². The van der Waals surface area contributed by atoms with Gasteiger partial charge in [0.15, 0.2) is 0 Å². The predicted molar refractivity (Wildman–Crippen MR) is 113 cm³/mol. The van der Waals surface area contributed by atoms with E-state index in [-0.39, 0.29) is 16.2 Å². The van der Waals surface area contributed by atoms with Gasteiger partial charge in [-0.2, -0.15) is 0 Å². The molecular weight excluding hydrogens is 315 g/mol. The van der Waals surface area contributed by atoms with E-state index in [1.165, 1.54) is 34.8 Å². The van der Waals surface area contributed by atoms with Gasteiger partial charge in [-0.1, -0.05) is 82.7 Å². The van der Waals surface area contributed by atoms with Crippen LogP contribution < -0.4 is 5.30 Å². The molecule has 0 fully saturated rings. The fourth-order valence-electron chi connectivity index (χ4n) is 2.53. The van der Waals surface area contributed by atoms with Crippen LogP contribution in [0.3, 0.4) is 0 Å². The van der Waals surface area contributed by atoms with Crippen molar-refractivity contribution in [2.24, 2.45) is 0 Å². The quantitative estimate of drug-likeness (QED) is 0.537. The van der Waals surface area contributed by atoms with Crippen LogP contribution in [0.1, 0.15) is 85.9 Å². The fraction of sp³-hybridized carbons (Fsp3) is 0.667. The zero-order valence-electron chi connectivity index (χ0n) is 17.0. The molecule has 0 aliphatic rings. The molecule has 130 valence electrons. The first-order valence-corrected chi connectivity index (χ1v) is 10.6. The number of hydrogen-bond acceptors (Lipinski definition) is 1. The summed E-state index contributed by atoms with van der Waals surface area (Å²) in [5, 5.41) is 1.52. The molecule has 0 nitrogen and oxygen atoms in total. The van der Waals surface area contributed by atoms with Crippen LogP contribution in [0.15, 0.2) is 12.1 Å². The number of rotatable bonds is 2. The van der Waals surface area contributed by atoms with Gasteiger partial charge in [-0.25, -0.2) is 0 Å². The van der Waals surface area contributed by atoms with Crippen molar-refractivity contribution >= 4 is 29.9 Å². The van der Waals surface area contributed by atoms with E-state index in [1.807, 2.05) is 11.8 Å². The van der Waals surface area contributed by atoms with Crippen LogP contribution in [0.4, 0.5) is 0 Å². The second-order valence-corrected chi connectivity index (χ2v) is 12.2. The average Bonchev–Trinajstić information content (AvgIpc) is 2.34. The molecular formula is C21H35PS. The maximum absolute atomic E-state index is 2.46. The van der Waals surface area contributed by atoms with Crippen molar-refractivity contribution in [1.82, 2.24) is 0 Å². The number of thioether (sulfide) groups is 1. The van der Waals surface area contributed by atoms with Crippen molar-refractivity contribution < 1.29 is 0 Å². The van der Waals surface area contributed by atoms with Crippen molar-refractivity contribution in [3.05, 3.63) is 28.8 Å². The van der Waals surface area contributed by atoms with Gasteiger partial charge >= 0.3 is 0 Å². The van der Waals surface area contributed by atoms with E-state index in [0.717, 1.165) is 0 Å². The van der Waals surface area contributed by atoms with Crippen molar-refractivity contribution in [2.75, 3.05) is 6.26 Å². The molecule has 0 aliphatic carbocycles. The minimum absolute atomic E-state index is 0.155. The Hall–Kier alpha value is -0.260. The van der Waals surface area contributed by atoms with Gasteiger partial charge in [0.2, 0.25) is 0 Å². The van der Waals surface area contributed by atoms with Crippen LogP contribution in [0, 0.1) is 0 Å². The van der Waals surface area contributed by atoms with Crippen molar-refractivity contribution in [3.63, 3.8) is 0 Å². The van der Waals surface area contributed by atoms with Gasteiger partial charge in [0.1, 0.15) is 0 Å². The Labute approximate surface area is 150 Å². The molecule has 0 heterocycles. The van der Waals surface area contributed by atoms with Gasteiger partial charge < -0.3 is 0 Å². The summed E-state index contributed by atoms with van der Waals surface area (Å²) < 4.78 is 1.46. The summed E-state index contributed by atoms with van der Waals surface area (Å²) in [5.74, 6) is 0. The Balaban J connectivity index is 3.90. The van der Waals surface area contributed by atoms with Crippen LogP contribution in [0.25, 0.3) is 0 Å². The number of hydrogen-bond donors (Lipinski definition) is 0. The highest BCUT2D eigenvalue weighted by Crippen LogP contribution is 2.35. The molecule has 0 radical (unpaired) electrons. The normalized spacial score (nSPS) is 14.3. The lowest BCUT2D eigenvalue weighted by Crippen LogP contribution is -2.30. The molecule has 0 atom stereocenters. The summed E-state index contributed by atoms with van der Waals surface area (Å²) in [6.45, 7) is 23.3. The molecule has 0 amide bonds. The zero-order chi connectivity index (χ0) is 18.2. The van der Waals surface area contributed by atoms with E-state index in [2.05, 4.69) is 87.6 Å². The lowest BCUT2D eigenvalue weighted by atomic mass is 9.75. The maximum Gasteiger partial charge on any atom is 0.0100 e. The van der Waals surface area contributed by atoms with E-state index < -0.39 is 0 Å². The third-order valence-corrected chi connectivity index (χ3v) is 6.59. The lowest BCUT2D eigenvalue weighted by Gasteiger charge is -2.32. The van der Waals surface area contributed by atoms with Gasteiger partial charge in [0.05, 0.1) is 0 Å². The zero-order valence-corrected chi connectivity index (χ0v) is 18.7. The van der Waals surface area contributed by atoms with Gasteiger partial charge in [0.25, 0.3) is 0 Å². The maximum atomic E-state index is 2.46. The summed E-state index contributed by atoms with van der Waals surface area (Å²) >= 11 is 1.87. The second kappa shape index (κ2) is 6.93. The van der Waals surface area contributed by atoms with E-state index >= 15 is 0 Å².